The molecule has 1 saturated carbocycles. The number of nitrogen functional groups attached to an aromatic ring is 1. The number of hydrogen-bond acceptors (Lipinski definition) is 4. The van der Waals surface area contributed by atoms with Gasteiger partial charge in [0.1, 0.15) is 4.90 Å². The second-order valence-corrected chi connectivity index (χ2v) is 8.11. The fraction of sp³-hybridized carbons (Fsp3) is 0.538. The molecule has 110 valence electrons. The first-order valence-electron chi connectivity index (χ1n) is 6.77. The number of benzene rings is 1. The molecule has 0 aromatic heterocycles. The largest absolute Gasteiger partial charge is 0.398 e. The number of hydrogen-bond donors (Lipinski definition) is 2. The number of anilines is 1. The average molecular weight is 360 g/mol. The lowest BCUT2D eigenvalue weighted by molar-refractivity contribution is 0.322. The van der Waals surface area contributed by atoms with Crippen LogP contribution >= 0.6 is 15.9 Å². The van der Waals surface area contributed by atoms with Gasteiger partial charge in [0.25, 0.3) is 0 Å². The molecule has 20 heavy (non-hydrogen) atoms. The molecule has 0 spiro atoms. The summed E-state index contributed by atoms with van der Waals surface area (Å²) < 4.78 is 28.3. The number of nitrogens with zero attached hydrogens (tertiary/aromatic N) is 1. The molecule has 1 heterocycles. The number of sulfonamides is 1. The van der Waals surface area contributed by atoms with Gasteiger partial charge in [-0.05, 0) is 37.5 Å². The molecule has 5 nitrogen and oxygen atoms in total. The van der Waals surface area contributed by atoms with Gasteiger partial charge in [-0.25, -0.2) is 13.1 Å². The molecular formula is C13H18BrN3O2S. The molecule has 7 heteroatoms. The summed E-state index contributed by atoms with van der Waals surface area (Å²) >= 11 is 3.28. The predicted octanol–water partition coefficient (Wildman–Crippen LogP) is 1.55. The van der Waals surface area contributed by atoms with Gasteiger partial charge in [0, 0.05) is 29.6 Å². The van der Waals surface area contributed by atoms with Crippen molar-refractivity contribution in [2.45, 2.75) is 36.2 Å². The Morgan fingerprint density at radius 1 is 1.30 bits per heavy atom. The van der Waals surface area contributed by atoms with Crippen LogP contribution in [0.3, 0.4) is 0 Å². The van der Waals surface area contributed by atoms with Gasteiger partial charge in [-0.15, -0.1) is 0 Å². The minimum Gasteiger partial charge on any atom is -0.398 e. The lowest BCUT2D eigenvalue weighted by Crippen LogP contribution is -2.37. The third kappa shape index (κ3) is 3.00. The topological polar surface area (TPSA) is 75.4 Å². The zero-order valence-corrected chi connectivity index (χ0v) is 13.5. The van der Waals surface area contributed by atoms with E-state index in [-0.39, 0.29) is 16.6 Å². The maximum atomic E-state index is 12.4. The smallest absolute Gasteiger partial charge is 0.242 e. The average Bonchev–Trinajstić information content (AvgIpc) is 3.10. The first-order chi connectivity index (χ1) is 9.45. The van der Waals surface area contributed by atoms with Crippen molar-refractivity contribution < 1.29 is 8.42 Å². The van der Waals surface area contributed by atoms with Crippen LogP contribution in [-0.2, 0) is 10.0 Å². The van der Waals surface area contributed by atoms with E-state index in [0.29, 0.717) is 6.04 Å². The Kier molecular flexibility index (Phi) is 3.79. The molecule has 2 aliphatic rings. The van der Waals surface area contributed by atoms with Gasteiger partial charge in [-0.3, -0.25) is 4.90 Å². The summed E-state index contributed by atoms with van der Waals surface area (Å²) in [7, 11) is -3.54. The number of nitrogens with two attached hydrogens (primary N) is 1. The van der Waals surface area contributed by atoms with E-state index in [1.54, 1.807) is 12.1 Å². The first-order valence-corrected chi connectivity index (χ1v) is 9.05. The maximum Gasteiger partial charge on any atom is 0.242 e. The van der Waals surface area contributed by atoms with E-state index in [4.69, 9.17) is 5.73 Å². The van der Waals surface area contributed by atoms with Crippen LogP contribution in [0.2, 0.25) is 0 Å². The SMILES string of the molecule is Nc1cc(Br)ccc1S(=O)(=O)NC1CCN(C2CC2)C1. The molecule has 1 unspecified atom stereocenters. The molecule has 0 amide bonds. The number of nitrogens with one attached hydrogen (secondary N) is 1. The second-order valence-electron chi connectivity index (χ2n) is 5.52. The molecule has 1 atom stereocenters. The normalized spacial score (nSPS) is 24.1. The fourth-order valence-corrected chi connectivity index (χ4v) is 4.46. The number of halogens is 1. The second kappa shape index (κ2) is 5.29. The Bertz CT molecular complexity index is 616. The minimum absolute atomic E-state index is 0.0105. The van der Waals surface area contributed by atoms with Crippen LogP contribution in [0.15, 0.2) is 27.6 Å². The van der Waals surface area contributed by atoms with Gasteiger partial charge in [0.05, 0.1) is 5.69 Å². The van der Waals surface area contributed by atoms with Gasteiger partial charge in [-0.2, -0.15) is 0 Å². The summed E-state index contributed by atoms with van der Waals surface area (Å²) in [5.41, 5.74) is 6.08. The number of likely N-dealkylation sites (tertiary alicyclic amines) is 1. The lowest BCUT2D eigenvalue weighted by Gasteiger charge is -2.16. The van der Waals surface area contributed by atoms with Crippen molar-refractivity contribution in [2.75, 3.05) is 18.8 Å². The third-order valence-corrected chi connectivity index (χ3v) is 5.95. The zero-order chi connectivity index (χ0) is 14.3. The summed E-state index contributed by atoms with van der Waals surface area (Å²) in [5, 5.41) is 0. The summed E-state index contributed by atoms with van der Waals surface area (Å²) in [5.74, 6) is 0. The van der Waals surface area contributed by atoms with Crippen molar-refractivity contribution >= 4 is 31.6 Å². The summed E-state index contributed by atoms with van der Waals surface area (Å²) in [6.45, 7) is 1.79. The molecule has 2 fully saturated rings. The highest BCUT2D eigenvalue weighted by Crippen LogP contribution is 2.30. The van der Waals surface area contributed by atoms with E-state index in [1.165, 1.54) is 18.9 Å². The van der Waals surface area contributed by atoms with E-state index in [1.807, 2.05) is 0 Å². The molecule has 0 radical (unpaired) electrons. The van der Waals surface area contributed by atoms with E-state index < -0.39 is 10.0 Å². The van der Waals surface area contributed by atoms with Crippen molar-refractivity contribution in [3.05, 3.63) is 22.7 Å². The highest BCUT2D eigenvalue weighted by Gasteiger charge is 2.36. The third-order valence-electron chi connectivity index (χ3n) is 3.87. The molecule has 1 aliphatic carbocycles. The molecule has 1 aromatic carbocycles. The summed E-state index contributed by atoms with van der Waals surface area (Å²) in [6.07, 6.45) is 3.37. The van der Waals surface area contributed by atoms with Crippen molar-refractivity contribution in [3.63, 3.8) is 0 Å². The Labute approximate surface area is 127 Å². The Morgan fingerprint density at radius 2 is 2.05 bits per heavy atom. The highest BCUT2D eigenvalue weighted by atomic mass is 79.9. The quantitative estimate of drug-likeness (QED) is 0.799. The summed E-state index contributed by atoms with van der Waals surface area (Å²) in [4.78, 5) is 2.53. The standard InChI is InChI=1S/C13H18BrN3O2S/c14-9-1-4-13(12(15)7-9)20(18,19)16-10-5-6-17(8-10)11-2-3-11/h1,4,7,10-11,16H,2-3,5-6,8,15H2. The first kappa shape index (κ1) is 14.3. The van der Waals surface area contributed by atoms with Crippen LogP contribution in [0, 0.1) is 0 Å². The Morgan fingerprint density at radius 3 is 2.70 bits per heavy atom. The van der Waals surface area contributed by atoms with E-state index in [2.05, 4.69) is 25.6 Å². The van der Waals surface area contributed by atoms with Crippen molar-refractivity contribution in [3.8, 4) is 0 Å². The predicted molar refractivity (Wildman–Crippen MR) is 81.9 cm³/mol. The molecule has 1 aliphatic heterocycles. The van der Waals surface area contributed by atoms with Crippen molar-refractivity contribution in [2.24, 2.45) is 0 Å². The minimum atomic E-state index is -3.54. The van der Waals surface area contributed by atoms with Crippen LogP contribution in [-0.4, -0.2) is 38.5 Å². The number of rotatable bonds is 4. The van der Waals surface area contributed by atoms with Gasteiger partial charge >= 0.3 is 0 Å². The van der Waals surface area contributed by atoms with Crippen LogP contribution < -0.4 is 10.5 Å². The molecule has 3 N–H and O–H groups in total. The molecule has 0 bridgehead atoms. The van der Waals surface area contributed by atoms with Crippen LogP contribution in [0.5, 0.6) is 0 Å². The van der Waals surface area contributed by atoms with Crippen LogP contribution in [0.25, 0.3) is 0 Å². The molecule has 3 rings (SSSR count). The zero-order valence-electron chi connectivity index (χ0n) is 11.0. The Hall–Kier alpha value is -0.630. The van der Waals surface area contributed by atoms with Gasteiger partial charge in [0.15, 0.2) is 0 Å². The molecule has 1 saturated heterocycles. The maximum absolute atomic E-state index is 12.4. The Balaban J connectivity index is 1.72. The van der Waals surface area contributed by atoms with Gasteiger partial charge in [0.2, 0.25) is 10.0 Å². The van der Waals surface area contributed by atoms with Crippen molar-refractivity contribution in [1.29, 1.82) is 0 Å². The molecular weight excluding hydrogens is 342 g/mol. The lowest BCUT2D eigenvalue weighted by atomic mass is 10.3. The van der Waals surface area contributed by atoms with E-state index in [0.717, 1.165) is 24.0 Å². The highest BCUT2D eigenvalue weighted by molar-refractivity contribution is 9.10. The van der Waals surface area contributed by atoms with Gasteiger partial charge in [-0.1, -0.05) is 15.9 Å². The van der Waals surface area contributed by atoms with Crippen LogP contribution in [0.1, 0.15) is 19.3 Å². The monoisotopic (exact) mass is 359 g/mol. The van der Waals surface area contributed by atoms with Crippen molar-refractivity contribution in [1.82, 2.24) is 9.62 Å². The van der Waals surface area contributed by atoms with E-state index in [9.17, 15) is 8.42 Å². The van der Waals surface area contributed by atoms with Crippen LogP contribution in [0.4, 0.5) is 5.69 Å². The molecule has 1 aromatic rings. The van der Waals surface area contributed by atoms with E-state index >= 15 is 0 Å². The van der Waals surface area contributed by atoms with Gasteiger partial charge < -0.3 is 5.73 Å². The fourth-order valence-electron chi connectivity index (χ4n) is 2.70. The summed E-state index contributed by atoms with van der Waals surface area (Å²) in [6, 6.07) is 5.51.